The van der Waals surface area contributed by atoms with E-state index in [1.165, 1.54) is 24.3 Å². The summed E-state index contributed by atoms with van der Waals surface area (Å²) in [6.07, 6.45) is 1.62. The number of halogens is 1. The molecule has 0 unspecified atom stereocenters. The summed E-state index contributed by atoms with van der Waals surface area (Å²) in [6.45, 7) is 2.53. The summed E-state index contributed by atoms with van der Waals surface area (Å²) in [5.74, 6) is 1.00. The highest BCUT2D eigenvalue weighted by Crippen LogP contribution is 2.29. The number of nitrogens with one attached hydrogen (secondary N) is 1. The van der Waals surface area contributed by atoms with Crippen LogP contribution in [0.2, 0.25) is 0 Å². The number of hydrogen-bond donors (Lipinski definition) is 1. The van der Waals surface area contributed by atoms with E-state index >= 15 is 0 Å². The molecule has 0 aliphatic heterocycles. The Labute approximate surface area is 173 Å². The first kappa shape index (κ1) is 19.4. The monoisotopic (exact) mass is 402 g/mol. The number of nitrogens with zero attached hydrogens (tertiary/aromatic N) is 1. The van der Waals surface area contributed by atoms with Crippen molar-refractivity contribution in [1.29, 1.82) is 0 Å². The van der Waals surface area contributed by atoms with Crippen LogP contribution in [0.4, 0.5) is 10.1 Å². The molecule has 6 heteroatoms. The van der Waals surface area contributed by atoms with E-state index in [4.69, 9.17) is 9.15 Å². The Morgan fingerprint density at radius 2 is 1.77 bits per heavy atom. The zero-order valence-corrected chi connectivity index (χ0v) is 16.3. The fourth-order valence-corrected chi connectivity index (χ4v) is 3.01. The van der Waals surface area contributed by atoms with E-state index in [1.54, 1.807) is 24.4 Å². The van der Waals surface area contributed by atoms with Crippen LogP contribution in [0.5, 0.6) is 5.75 Å². The van der Waals surface area contributed by atoms with Crippen molar-refractivity contribution in [3.63, 3.8) is 0 Å². The van der Waals surface area contributed by atoms with Gasteiger partial charge in [0, 0.05) is 16.8 Å². The van der Waals surface area contributed by atoms with Gasteiger partial charge >= 0.3 is 0 Å². The van der Waals surface area contributed by atoms with Gasteiger partial charge in [-0.3, -0.25) is 4.79 Å². The molecule has 30 heavy (non-hydrogen) atoms. The lowest BCUT2D eigenvalue weighted by atomic mass is 10.1. The van der Waals surface area contributed by atoms with E-state index < -0.39 is 0 Å². The predicted molar refractivity (Wildman–Crippen MR) is 113 cm³/mol. The summed E-state index contributed by atoms with van der Waals surface area (Å²) in [7, 11) is 0. The highest BCUT2D eigenvalue weighted by molar-refractivity contribution is 6.08. The molecule has 1 N–H and O–H groups in total. The van der Waals surface area contributed by atoms with Crippen LogP contribution in [0.25, 0.3) is 22.8 Å². The third-order valence-electron chi connectivity index (χ3n) is 4.46. The molecule has 1 heterocycles. The van der Waals surface area contributed by atoms with Crippen LogP contribution in [0.1, 0.15) is 17.3 Å². The zero-order chi connectivity index (χ0) is 20.9. The molecule has 0 saturated carbocycles. The van der Waals surface area contributed by atoms with Gasteiger partial charge in [-0.25, -0.2) is 9.37 Å². The SMILES string of the molecule is CCOc1ccc(-c2cnc(-c3ccccc3C(=O)Nc3ccc(F)cc3)o2)cc1. The minimum absolute atomic E-state index is 0.335. The minimum Gasteiger partial charge on any atom is -0.494 e. The summed E-state index contributed by atoms with van der Waals surface area (Å²) in [6, 6.07) is 20.1. The zero-order valence-electron chi connectivity index (χ0n) is 16.3. The molecule has 1 aromatic heterocycles. The van der Waals surface area contributed by atoms with Crippen LogP contribution >= 0.6 is 0 Å². The Morgan fingerprint density at radius 3 is 2.50 bits per heavy atom. The third kappa shape index (κ3) is 4.22. The maximum absolute atomic E-state index is 13.1. The second-order valence-corrected chi connectivity index (χ2v) is 6.49. The van der Waals surface area contributed by atoms with Gasteiger partial charge in [-0.05, 0) is 67.6 Å². The van der Waals surface area contributed by atoms with Crippen LogP contribution in [-0.2, 0) is 0 Å². The molecule has 5 nitrogen and oxygen atoms in total. The molecule has 0 aliphatic rings. The molecule has 0 saturated heterocycles. The van der Waals surface area contributed by atoms with Crippen molar-refractivity contribution >= 4 is 11.6 Å². The molecule has 3 aromatic carbocycles. The maximum Gasteiger partial charge on any atom is 0.256 e. The summed E-state index contributed by atoms with van der Waals surface area (Å²) in [5.41, 5.74) is 2.32. The lowest BCUT2D eigenvalue weighted by Gasteiger charge is -2.08. The van der Waals surface area contributed by atoms with Crippen LogP contribution in [0.3, 0.4) is 0 Å². The lowest BCUT2D eigenvalue weighted by Crippen LogP contribution is -2.13. The topological polar surface area (TPSA) is 64.4 Å². The first-order valence-corrected chi connectivity index (χ1v) is 9.49. The van der Waals surface area contributed by atoms with Crippen molar-refractivity contribution in [2.75, 3.05) is 11.9 Å². The fourth-order valence-electron chi connectivity index (χ4n) is 3.01. The highest BCUT2D eigenvalue weighted by Gasteiger charge is 2.17. The Bertz CT molecular complexity index is 1150. The minimum atomic E-state index is -0.366. The summed E-state index contributed by atoms with van der Waals surface area (Å²) in [5, 5.41) is 2.76. The average molecular weight is 402 g/mol. The van der Waals surface area contributed by atoms with Gasteiger partial charge in [0.05, 0.1) is 18.4 Å². The van der Waals surface area contributed by atoms with Gasteiger partial charge in [0.1, 0.15) is 11.6 Å². The normalized spacial score (nSPS) is 10.6. The third-order valence-corrected chi connectivity index (χ3v) is 4.46. The number of amides is 1. The number of hydrogen-bond acceptors (Lipinski definition) is 4. The van der Waals surface area contributed by atoms with Gasteiger partial charge in [0.25, 0.3) is 5.91 Å². The second kappa shape index (κ2) is 8.61. The molecule has 1 amide bonds. The van der Waals surface area contributed by atoms with E-state index in [0.717, 1.165) is 11.3 Å². The van der Waals surface area contributed by atoms with Crippen molar-refractivity contribution in [2.24, 2.45) is 0 Å². The molecule has 0 radical (unpaired) electrons. The fraction of sp³-hybridized carbons (Fsp3) is 0.0833. The highest BCUT2D eigenvalue weighted by atomic mass is 19.1. The smallest absolute Gasteiger partial charge is 0.256 e. The first-order valence-electron chi connectivity index (χ1n) is 9.49. The number of rotatable bonds is 6. The molecule has 0 bridgehead atoms. The van der Waals surface area contributed by atoms with Crippen LogP contribution in [-0.4, -0.2) is 17.5 Å². The number of oxazole rings is 1. The molecule has 150 valence electrons. The maximum atomic E-state index is 13.1. The van der Waals surface area contributed by atoms with Crippen LogP contribution in [0.15, 0.2) is 83.4 Å². The largest absolute Gasteiger partial charge is 0.494 e. The predicted octanol–water partition coefficient (Wildman–Crippen LogP) is 5.80. The summed E-state index contributed by atoms with van der Waals surface area (Å²) >= 11 is 0. The number of carbonyl (C=O) groups excluding carboxylic acids is 1. The lowest BCUT2D eigenvalue weighted by molar-refractivity contribution is 0.102. The molecule has 0 fully saturated rings. The van der Waals surface area contributed by atoms with E-state index in [-0.39, 0.29) is 11.7 Å². The van der Waals surface area contributed by atoms with Gasteiger partial charge in [0.15, 0.2) is 5.76 Å². The number of benzene rings is 3. The van der Waals surface area contributed by atoms with Crippen molar-refractivity contribution in [1.82, 2.24) is 4.98 Å². The van der Waals surface area contributed by atoms with Crippen molar-refractivity contribution in [3.8, 4) is 28.5 Å². The Hall–Kier alpha value is -3.93. The summed E-state index contributed by atoms with van der Waals surface area (Å²) in [4.78, 5) is 17.1. The quantitative estimate of drug-likeness (QED) is 0.443. The molecule has 4 rings (SSSR count). The number of carbonyl (C=O) groups is 1. The van der Waals surface area contributed by atoms with Crippen molar-refractivity contribution in [3.05, 3.63) is 90.4 Å². The Kier molecular flexibility index (Phi) is 5.57. The van der Waals surface area contributed by atoms with E-state index in [0.29, 0.717) is 35.1 Å². The molecular weight excluding hydrogens is 383 g/mol. The molecule has 4 aromatic rings. The van der Waals surface area contributed by atoms with Crippen LogP contribution in [0, 0.1) is 5.82 Å². The Balaban J connectivity index is 1.59. The van der Waals surface area contributed by atoms with Gasteiger partial charge in [-0.1, -0.05) is 12.1 Å². The first-order chi connectivity index (χ1) is 14.6. The van der Waals surface area contributed by atoms with Crippen LogP contribution < -0.4 is 10.1 Å². The molecule has 0 spiro atoms. The van der Waals surface area contributed by atoms with Crippen molar-refractivity contribution in [2.45, 2.75) is 6.92 Å². The van der Waals surface area contributed by atoms with Gasteiger partial charge < -0.3 is 14.5 Å². The van der Waals surface area contributed by atoms with Gasteiger partial charge in [0.2, 0.25) is 5.89 Å². The van der Waals surface area contributed by atoms with E-state index in [9.17, 15) is 9.18 Å². The van der Waals surface area contributed by atoms with Gasteiger partial charge in [-0.2, -0.15) is 0 Å². The van der Waals surface area contributed by atoms with E-state index in [1.807, 2.05) is 37.3 Å². The Morgan fingerprint density at radius 1 is 1.03 bits per heavy atom. The molecule has 0 aliphatic carbocycles. The van der Waals surface area contributed by atoms with E-state index in [2.05, 4.69) is 10.3 Å². The number of anilines is 1. The standard InChI is InChI=1S/C24H19FN2O3/c1-2-29-19-13-7-16(8-14-19)22-15-26-24(30-22)21-6-4-3-5-20(21)23(28)27-18-11-9-17(25)10-12-18/h3-15H,2H2,1H3,(H,27,28). The number of ether oxygens (including phenoxy) is 1. The molecule has 0 atom stereocenters. The summed E-state index contributed by atoms with van der Waals surface area (Å²) < 4.78 is 24.5. The van der Waals surface area contributed by atoms with Crippen molar-refractivity contribution < 1.29 is 18.3 Å². The second-order valence-electron chi connectivity index (χ2n) is 6.49. The number of aromatic nitrogens is 1. The molecular formula is C24H19FN2O3. The van der Waals surface area contributed by atoms with Gasteiger partial charge in [-0.15, -0.1) is 0 Å². The average Bonchev–Trinajstić information content (AvgIpc) is 3.26.